The normalized spacial score (nSPS) is 12.2. The van der Waals surface area contributed by atoms with Crippen LogP contribution in [-0.2, 0) is 26.2 Å². The largest absolute Gasteiger partial charge is 0.352 e. The van der Waals surface area contributed by atoms with E-state index < -0.39 is 28.5 Å². The standard InChI is InChI=1S/C30H35Cl2N3O4S/c1-6-27(30(37)33-20(2)3)34(18-23-9-7-8-10-26(23)32)29(36)19-35(28-16-13-24(31)17-22(28)5)40(38,39)25-14-11-21(4)12-15-25/h7-17,20,27H,6,18-19H2,1-5H3,(H,33,37)/t27-/m1/s1. The number of hydrogen-bond donors (Lipinski definition) is 1. The van der Waals surface area contributed by atoms with Gasteiger partial charge in [-0.25, -0.2) is 8.42 Å². The van der Waals surface area contributed by atoms with E-state index in [0.717, 1.165) is 9.87 Å². The van der Waals surface area contributed by atoms with E-state index in [1.807, 2.05) is 27.7 Å². The summed E-state index contributed by atoms with van der Waals surface area (Å²) in [6, 6.07) is 17.3. The zero-order chi connectivity index (χ0) is 29.6. The Kier molecular flexibility index (Phi) is 10.6. The summed E-state index contributed by atoms with van der Waals surface area (Å²) in [6.07, 6.45) is 0.319. The van der Waals surface area contributed by atoms with E-state index in [-0.39, 0.29) is 23.4 Å². The molecular formula is C30H35Cl2N3O4S. The summed E-state index contributed by atoms with van der Waals surface area (Å²) in [7, 11) is -4.17. The van der Waals surface area contributed by atoms with Gasteiger partial charge in [-0.2, -0.15) is 0 Å². The fourth-order valence-corrected chi connectivity index (χ4v) is 6.26. The molecule has 2 amide bonds. The lowest BCUT2D eigenvalue weighted by atomic mass is 10.1. The Balaban J connectivity index is 2.11. The number of anilines is 1. The van der Waals surface area contributed by atoms with Gasteiger partial charge in [0.2, 0.25) is 11.8 Å². The summed E-state index contributed by atoms with van der Waals surface area (Å²) in [4.78, 5) is 28.8. The molecule has 3 aromatic rings. The molecule has 0 aliphatic carbocycles. The summed E-state index contributed by atoms with van der Waals surface area (Å²) in [5.74, 6) is -0.871. The highest BCUT2D eigenvalue weighted by atomic mass is 35.5. The second-order valence-corrected chi connectivity index (χ2v) is 12.7. The molecule has 3 aromatic carbocycles. The number of hydrogen-bond acceptors (Lipinski definition) is 4. The average molecular weight is 605 g/mol. The molecule has 7 nitrogen and oxygen atoms in total. The van der Waals surface area contributed by atoms with Crippen LogP contribution in [0.2, 0.25) is 10.0 Å². The number of carbonyl (C=O) groups is 2. The van der Waals surface area contributed by atoms with E-state index in [9.17, 15) is 18.0 Å². The molecule has 0 bridgehead atoms. The first-order valence-electron chi connectivity index (χ1n) is 13.0. The molecule has 0 aromatic heterocycles. The van der Waals surface area contributed by atoms with E-state index in [0.29, 0.717) is 33.3 Å². The molecule has 3 rings (SSSR count). The highest BCUT2D eigenvalue weighted by molar-refractivity contribution is 7.92. The first kappa shape index (κ1) is 31.5. The third kappa shape index (κ3) is 7.56. The van der Waals surface area contributed by atoms with Crippen molar-refractivity contribution in [2.75, 3.05) is 10.8 Å². The van der Waals surface area contributed by atoms with Crippen LogP contribution in [0.1, 0.15) is 43.9 Å². The summed E-state index contributed by atoms with van der Waals surface area (Å²) in [5.41, 5.74) is 2.44. The summed E-state index contributed by atoms with van der Waals surface area (Å²) >= 11 is 12.6. The van der Waals surface area contributed by atoms with Crippen molar-refractivity contribution in [3.63, 3.8) is 0 Å². The van der Waals surface area contributed by atoms with Crippen LogP contribution in [-0.4, -0.2) is 43.8 Å². The number of nitrogens with one attached hydrogen (secondary N) is 1. The number of benzene rings is 3. The minimum absolute atomic E-state index is 0.0283. The van der Waals surface area contributed by atoms with Crippen molar-refractivity contribution in [2.24, 2.45) is 0 Å². The molecular weight excluding hydrogens is 569 g/mol. The van der Waals surface area contributed by atoms with Gasteiger partial charge in [-0.05, 0) is 81.6 Å². The van der Waals surface area contributed by atoms with E-state index in [2.05, 4.69) is 5.32 Å². The third-order valence-corrected chi connectivity index (χ3v) is 8.81. The predicted molar refractivity (Wildman–Crippen MR) is 161 cm³/mol. The van der Waals surface area contributed by atoms with Gasteiger partial charge in [-0.1, -0.05) is 66.0 Å². The van der Waals surface area contributed by atoms with Crippen molar-refractivity contribution in [3.05, 3.63) is 93.5 Å². The third-order valence-electron chi connectivity index (χ3n) is 6.43. The van der Waals surface area contributed by atoms with Gasteiger partial charge in [0.05, 0.1) is 10.6 Å². The van der Waals surface area contributed by atoms with Crippen molar-refractivity contribution in [2.45, 2.75) is 64.6 Å². The first-order valence-corrected chi connectivity index (χ1v) is 15.2. The van der Waals surface area contributed by atoms with Crippen LogP contribution in [0.25, 0.3) is 0 Å². The molecule has 0 saturated heterocycles. The Morgan fingerprint density at radius 2 is 1.60 bits per heavy atom. The Morgan fingerprint density at radius 1 is 0.950 bits per heavy atom. The number of aryl methyl sites for hydroxylation is 2. The van der Waals surface area contributed by atoms with Crippen LogP contribution >= 0.6 is 23.2 Å². The molecule has 214 valence electrons. The highest BCUT2D eigenvalue weighted by Crippen LogP contribution is 2.30. The van der Waals surface area contributed by atoms with E-state index in [4.69, 9.17) is 23.2 Å². The number of sulfonamides is 1. The molecule has 0 aliphatic rings. The molecule has 1 N–H and O–H groups in total. The molecule has 0 radical (unpaired) electrons. The SMILES string of the molecule is CC[C@H](C(=O)NC(C)C)N(Cc1ccccc1Cl)C(=O)CN(c1ccc(Cl)cc1C)S(=O)(=O)c1ccc(C)cc1. The van der Waals surface area contributed by atoms with Gasteiger partial charge in [0.25, 0.3) is 10.0 Å². The van der Waals surface area contributed by atoms with Gasteiger partial charge in [-0.3, -0.25) is 13.9 Å². The fraction of sp³-hybridized carbons (Fsp3) is 0.333. The molecule has 1 atom stereocenters. The van der Waals surface area contributed by atoms with E-state index >= 15 is 0 Å². The lowest BCUT2D eigenvalue weighted by Gasteiger charge is -2.34. The molecule has 0 unspecified atom stereocenters. The van der Waals surface area contributed by atoms with Crippen LogP contribution in [0.3, 0.4) is 0 Å². The highest BCUT2D eigenvalue weighted by Gasteiger charge is 2.34. The average Bonchev–Trinajstić information content (AvgIpc) is 2.88. The summed E-state index contributed by atoms with van der Waals surface area (Å²) in [5, 5.41) is 3.76. The lowest BCUT2D eigenvalue weighted by molar-refractivity contribution is -0.140. The van der Waals surface area contributed by atoms with Crippen molar-refractivity contribution >= 4 is 50.7 Å². The van der Waals surface area contributed by atoms with Crippen LogP contribution in [0, 0.1) is 13.8 Å². The van der Waals surface area contributed by atoms with Crippen LogP contribution in [0.5, 0.6) is 0 Å². The maximum atomic E-state index is 14.1. The Bertz CT molecular complexity index is 1460. The lowest BCUT2D eigenvalue weighted by Crippen LogP contribution is -2.53. The van der Waals surface area contributed by atoms with Crippen molar-refractivity contribution in [3.8, 4) is 0 Å². The molecule has 0 spiro atoms. The Morgan fingerprint density at radius 3 is 2.17 bits per heavy atom. The maximum absolute atomic E-state index is 14.1. The molecule has 0 aliphatic heterocycles. The quantitative estimate of drug-likeness (QED) is 0.285. The molecule has 40 heavy (non-hydrogen) atoms. The second-order valence-electron chi connectivity index (χ2n) is 9.96. The number of halogens is 2. The second kappa shape index (κ2) is 13.5. The van der Waals surface area contributed by atoms with E-state index in [1.54, 1.807) is 61.5 Å². The minimum Gasteiger partial charge on any atom is -0.352 e. The zero-order valence-corrected chi connectivity index (χ0v) is 25.6. The number of carbonyl (C=O) groups excluding carboxylic acids is 2. The molecule has 0 fully saturated rings. The number of amides is 2. The Hall–Kier alpha value is -3.07. The Labute approximate surface area is 247 Å². The molecule has 10 heteroatoms. The minimum atomic E-state index is -4.17. The fourth-order valence-electron chi connectivity index (χ4n) is 4.36. The molecule has 0 heterocycles. The van der Waals surface area contributed by atoms with Gasteiger partial charge < -0.3 is 10.2 Å². The van der Waals surface area contributed by atoms with Crippen molar-refractivity contribution in [1.82, 2.24) is 10.2 Å². The first-order chi connectivity index (χ1) is 18.8. The van der Waals surface area contributed by atoms with Crippen LogP contribution in [0.4, 0.5) is 5.69 Å². The zero-order valence-electron chi connectivity index (χ0n) is 23.3. The monoisotopic (exact) mass is 603 g/mol. The van der Waals surface area contributed by atoms with Crippen molar-refractivity contribution < 1.29 is 18.0 Å². The topological polar surface area (TPSA) is 86.8 Å². The van der Waals surface area contributed by atoms with Gasteiger partial charge in [-0.15, -0.1) is 0 Å². The van der Waals surface area contributed by atoms with Gasteiger partial charge in [0, 0.05) is 22.6 Å². The van der Waals surface area contributed by atoms with Gasteiger partial charge >= 0.3 is 0 Å². The smallest absolute Gasteiger partial charge is 0.264 e. The molecule has 0 saturated carbocycles. The number of nitrogens with zero attached hydrogens (tertiary/aromatic N) is 2. The van der Waals surface area contributed by atoms with Gasteiger partial charge in [0.1, 0.15) is 12.6 Å². The van der Waals surface area contributed by atoms with Gasteiger partial charge in [0.15, 0.2) is 0 Å². The summed E-state index contributed by atoms with van der Waals surface area (Å²) in [6.45, 7) is 8.57. The van der Waals surface area contributed by atoms with Crippen LogP contribution < -0.4 is 9.62 Å². The number of rotatable bonds is 11. The predicted octanol–water partition coefficient (Wildman–Crippen LogP) is 6.14. The summed E-state index contributed by atoms with van der Waals surface area (Å²) < 4.78 is 29.1. The van der Waals surface area contributed by atoms with E-state index in [1.165, 1.54) is 17.0 Å². The van der Waals surface area contributed by atoms with Crippen LogP contribution in [0.15, 0.2) is 71.6 Å². The maximum Gasteiger partial charge on any atom is 0.264 e. The van der Waals surface area contributed by atoms with Crippen molar-refractivity contribution in [1.29, 1.82) is 0 Å².